The Balaban J connectivity index is 1.96. The van der Waals surface area contributed by atoms with Crippen molar-refractivity contribution in [3.05, 3.63) is 12.3 Å². The van der Waals surface area contributed by atoms with E-state index in [0.29, 0.717) is 24.8 Å². The molecule has 0 aromatic carbocycles. The van der Waals surface area contributed by atoms with Gasteiger partial charge in [0.1, 0.15) is 13.2 Å². The lowest BCUT2D eigenvalue weighted by Gasteiger charge is -2.32. The summed E-state index contributed by atoms with van der Waals surface area (Å²) in [6.07, 6.45) is 1.69. The lowest BCUT2D eigenvalue weighted by atomic mass is 9.79. The Morgan fingerprint density at radius 1 is 1.05 bits per heavy atom. The molecule has 3 heterocycles. The number of pyridine rings is 1. The lowest BCUT2D eigenvalue weighted by molar-refractivity contribution is 0.00578. The van der Waals surface area contributed by atoms with Gasteiger partial charge in [0.25, 0.3) is 5.88 Å². The third-order valence-corrected chi connectivity index (χ3v) is 3.98. The average Bonchev–Trinajstić information content (AvgIpc) is 2.58. The molecular formula is C13H18BNO4. The van der Waals surface area contributed by atoms with Gasteiger partial charge in [0.15, 0.2) is 5.75 Å². The molecular weight excluding hydrogens is 245 g/mol. The van der Waals surface area contributed by atoms with Gasteiger partial charge in [-0.25, -0.2) is 4.98 Å². The second kappa shape index (κ2) is 4.11. The van der Waals surface area contributed by atoms with E-state index < -0.39 is 7.12 Å². The Morgan fingerprint density at radius 2 is 1.68 bits per heavy atom. The number of aromatic nitrogens is 1. The molecule has 19 heavy (non-hydrogen) atoms. The van der Waals surface area contributed by atoms with Crippen molar-refractivity contribution in [2.75, 3.05) is 13.2 Å². The third kappa shape index (κ3) is 1.99. The van der Waals surface area contributed by atoms with Gasteiger partial charge >= 0.3 is 7.12 Å². The van der Waals surface area contributed by atoms with Gasteiger partial charge in [-0.2, -0.15) is 0 Å². The molecule has 1 aromatic heterocycles. The smallest absolute Gasteiger partial charge is 0.485 e. The van der Waals surface area contributed by atoms with E-state index in [2.05, 4.69) is 4.98 Å². The molecule has 0 bridgehead atoms. The zero-order chi connectivity index (χ0) is 13.7. The first kappa shape index (κ1) is 12.8. The summed E-state index contributed by atoms with van der Waals surface area (Å²) in [5, 5.41) is 0. The minimum absolute atomic E-state index is 0.372. The van der Waals surface area contributed by atoms with Crippen molar-refractivity contribution in [1.29, 1.82) is 0 Å². The maximum Gasteiger partial charge on any atom is 0.498 e. The number of nitrogens with zero attached hydrogens (tertiary/aromatic N) is 1. The summed E-state index contributed by atoms with van der Waals surface area (Å²) in [7, 11) is -0.455. The molecule has 5 nitrogen and oxygen atoms in total. The standard InChI is InChI=1S/C13H18BNO4/c1-12(2)13(3,4)19-14(18-12)9-5-6-15-11-10(9)16-7-8-17-11/h5-6H,7-8H2,1-4H3. The summed E-state index contributed by atoms with van der Waals surface area (Å²) in [5.74, 6) is 1.14. The van der Waals surface area contributed by atoms with Gasteiger partial charge in [-0.05, 0) is 33.8 Å². The highest BCUT2D eigenvalue weighted by atomic mass is 16.7. The molecule has 0 saturated carbocycles. The highest BCUT2D eigenvalue weighted by Gasteiger charge is 2.52. The predicted molar refractivity (Wildman–Crippen MR) is 70.9 cm³/mol. The maximum atomic E-state index is 6.03. The first-order chi connectivity index (χ1) is 8.91. The minimum Gasteiger partial charge on any atom is -0.485 e. The van der Waals surface area contributed by atoms with Crippen molar-refractivity contribution in [2.24, 2.45) is 0 Å². The van der Waals surface area contributed by atoms with Gasteiger partial charge in [-0.3, -0.25) is 0 Å². The quantitative estimate of drug-likeness (QED) is 0.711. The Morgan fingerprint density at radius 3 is 2.37 bits per heavy atom. The first-order valence-electron chi connectivity index (χ1n) is 6.51. The highest BCUT2D eigenvalue weighted by molar-refractivity contribution is 6.63. The summed E-state index contributed by atoms with van der Waals surface area (Å²) in [5.41, 5.74) is 0.0931. The minimum atomic E-state index is -0.455. The van der Waals surface area contributed by atoms with E-state index in [4.69, 9.17) is 18.8 Å². The molecule has 1 saturated heterocycles. The number of fused-ring (bicyclic) bond motifs is 1. The van der Waals surface area contributed by atoms with E-state index in [1.54, 1.807) is 6.20 Å². The van der Waals surface area contributed by atoms with Crippen LogP contribution in [0.3, 0.4) is 0 Å². The van der Waals surface area contributed by atoms with Crippen molar-refractivity contribution < 1.29 is 18.8 Å². The third-order valence-electron chi connectivity index (χ3n) is 3.98. The second-order valence-corrected chi connectivity index (χ2v) is 5.82. The van der Waals surface area contributed by atoms with Crippen LogP contribution in [-0.2, 0) is 9.31 Å². The molecule has 1 fully saturated rings. The summed E-state index contributed by atoms with van der Waals surface area (Å²) < 4.78 is 23.2. The average molecular weight is 263 g/mol. The summed E-state index contributed by atoms with van der Waals surface area (Å²) in [6.45, 7) is 9.14. The van der Waals surface area contributed by atoms with Crippen LogP contribution in [0, 0.1) is 0 Å². The largest absolute Gasteiger partial charge is 0.498 e. The van der Waals surface area contributed by atoms with Crippen LogP contribution in [0.4, 0.5) is 0 Å². The van der Waals surface area contributed by atoms with Crippen molar-refractivity contribution in [2.45, 2.75) is 38.9 Å². The number of hydrogen-bond acceptors (Lipinski definition) is 5. The molecule has 6 heteroatoms. The molecule has 0 radical (unpaired) electrons. The Labute approximate surface area is 113 Å². The fourth-order valence-electron chi connectivity index (χ4n) is 2.13. The fourth-order valence-corrected chi connectivity index (χ4v) is 2.13. The van der Waals surface area contributed by atoms with Crippen LogP contribution in [-0.4, -0.2) is 36.5 Å². The van der Waals surface area contributed by atoms with Crippen LogP contribution >= 0.6 is 0 Å². The molecule has 0 amide bonds. The van der Waals surface area contributed by atoms with Gasteiger partial charge in [0, 0.05) is 11.7 Å². The molecule has 0 atom stereocenters. The van der Waals surface area contributed by atoms with Gasteiger partial charge in [0.05, 0.1) is 11.2 Å². The van der Waals surface area contributed by atoms with Gasteiger partial charge < -0.3 is 18.8 Å². The van der Waals surface area contributed by atoms with Crippen LogP contribution in [0.25, 0.3) is 0 Å². The molecule has 0 aliphatic carbocycles. The number of ether oxygens (including phenoxy) is 2. The van der Waals surface area contributed by atoms with Gasteiger partial charge in [0.2, 0.25) is 0 Å². The SMILES string of the molecule is CC1(C)OB(c2ccnc3c2OCCO3)OC1(C)C. The monoisotopic (exact) mass is 263 g/mol. The van der Waals surface area contributed by atoms with E-state index in [0.717, 1.165) is 5.46 Å². The van der Waals surface area contributed by atoms with E-state index in [1.807, 2.05) is 33.8 Å². The summed E-state index contributed by atoms with van der Waals surface area (Å²) in [6, 6.07) is 1.86. The van der Waals surface area contributed by atoms with Crippen molar-refractivity contribution >= 4 is 12.6 Å². The van der Waals surface area contributed by atoms with Crippen molar-refractivity contribution in [3.63, 3.8) is 0 Å². The van der Waals surface area contributed by atoms with Gasteiger partial charge in [-0.1, -0.05) is 0 Å². The van der Waals surface area contributed by atoms with E-state index in [9.17, 15) is 0 Å². The van der Waals surface area contributed by atoms with Crippen LogP contribution in [0.2, 0.25) is 0 Å². The van der Waals surface area contributed by atoms with E-state index in [-0.39, 0.29) is 11.2 Å². The lowest BCUT2D eigenvalue weighted by Crippen LogP contribution is -2.41. The Hall–Kier alpha value is -1.27. The van der Waals surface area contributed by atoms with Crippen LogP contribution in [0.5, 0.6) is 11.6 Å². The van der Waals surface area contributed by atoms with Crippen LogP contribution in [0.1, 0.15) is 27.7 Å². The first-order valence-corrected chi connectivity index (χ1v) is 6.51. The fraction of sp³-hybridized carbons (Fsp3) is 0.615. The molecule has 3 rings (SSSR count). The molecule has 102 valence electrons. The summed E-state index contributed by atoms with van der Waals surface area (Å²) in [4.78, 5) is 4.17. The molecule has 2 aliphatic rings. The zero-order valence-electron chi connectivity index (χ0n) is 11.7. The number of hydrogen-bond donors (Lipinski definition) is 0. The van der Waals surface area contributed by atoms with Crippen LogP contribution < -0.4 is 14.9 Å². The number of rotatable bonds is 1. The molecule has 2 aliphatic heterocycles. The molecule has 1 aromatic rings. The normalized spacial score (nSPS) is 23.5. The molecule has 0 unspecified atom stereocenters. The predicted octanol–water partition coefficient (Wildman–Crippen LogP) is 1.15. The Kier molecular flexibility index (Phi) is 2.76. The van der Waals surface area contributed by atoms with Crippen molar-refractivity contribution in [1.82, 2.24) is 4.98 Å². The highest BCUT2D eigenvalue weighted by Crippen LogP contribution is 2.38. The molecule has 0 spiro atoms. The zero-order valence-corrected chi connectivity index (χ0v) is 11.7. The van der Waals surface area contributed by atoms with Crippen molar-refractivity contribution in [3.8, 4) is 11.6 Å². The second-order valence-electron chi connectivity index (χ2n) is 5.82. The topological polar surface area (TPSA) is 49.8 Å². The maximum absolute atomic E-state index is 6.03. The van der Waals surface area contributed by atoms with Gasteiger partial charge in [-0.15, -0.1) is 0 Å². The Bertz CT molecular complexity index is 487. The molecule has 0 N–H and O–H groups in total. The van der Waals surface area contributed by atoms with E-state index in [1.165, 1.54) is 0 Å². The van der Waals surface area contributed by atoms with Crippen LogP contribution in [0.15, 0.2) is 12.3 Å². The van der Waals surface area contributed by atoms with E-state index >= 15 is 0 Å². The summed E-state index contributed by atoms with van der Waals surface area (Å²) >= 11 is 0.